The van der Waals surface area contributed by atoms with Crippen LogP contribution in [0, 0.1) is 0 Å². The second-order valence-electron chi connectivity index (χ2n) is 1.30. The van der Waals surface area contributed by atoms with Crippen molar-refractivity contribution in [1.29, 1.82) is 0 Å². The van der Waals surface area contributed by atoms with E-state index in [9.17, 15) is 13.2 Å². The summed E-state index contributed by atoms with van der Waals surface area (Å²) in [6.45, 7) is 2.70. The van der Waals surface area contributed by atoms with Crippen molar-refractivity contribution in [2.75, 3.05) is 0 Å². The highest BCUT2D eigenvalue weighted by Crippen LogP contribution is 2.00. The monoisotopic (exact) mass is 167 g/mol. The lowest BCUT2D eigenvalue weighted by Crippen LogP contribution is -2.17. The topological polar surface area (TPSA) is 107 Å². The third kappa shape index (κ3) is 2.13. The van der Waals surface area contributed by atoms with Crippen molar-refractivity contribution < 1.29 is 22.6 Å². The van der Waals surface area contributed by atoms with Gasteiger partial charge in [-0.25, -0.2) is 4.79 Å². The molecular weight excluding hydrogens is 162 g/mol. The molecule has 0 unspecified atom stereocenters. The van der Waals surface area contributed by atoms with E-state index in [1.54, 1.807) is 0 Å². The zero-order valence-corrected chi connectivity index (χ0v) is 5.59. The van der Waals surface area contributed by atoms with Gasteiger partial charge in [-0.05, 0) is 0 Å². The average molecular weight is 167 g/mol. The molecule has 0 spiro atoms. The normalized spacial score (nSPS) is 10.6. The molecular formula is C3H5NO5S. The molecule has 0 aromatic heterocycles. The smallest absolute Gasteiger partial charge is 0.369 e. The fourth-order valence-electron chi connectivity index (χ4n) is 0.171. The van der Waals surface area contributed by atoms with Crippen molar-refractivity contribution in [2.45, 2.75) is 0 Å². The molecule has 0 aliphatic carbocycles. The Morgan fingerprint density at radius 3 is 2.10 bits per heavy atom. The van der Waals surface area contributed by atoms with Crippen molar-refractivity contribution in [3.05, 3.63) is 11.5 Å². The molecule has 0 aromatic rings. The zero-order chi connectivity index (χ0) is 8.36. The molecule has 0 bridgehead atoms. The maximum atomic E-state index is 10.2. The summed E-state index contributed by atoms with van der Waals surface area (Å²) in [6.07, 6.45) is 0. The minimum absolute atomic E-state index is 1.09. The van der Waals surface area contributed by atoms with E-state index in [1.807, 2.05) is 0 Å². The molecule has 0 radical (unpaired) electrons. The summed E-state index contributed by atoms with van der Waals surface area (Å²) in [5.41, 5.74) is 0. The lowest BCUT2D eigenvalue weighted by atomic mass is 10.7. The maximum absolute atomic E-state index is 10.2. The first-order chi connectivity index (χ1) is 4.39. The molecule has 6 nitrogen and oxygen atoms in total. The van der Waals surface area contributed by atoms with Gasteiger partial charge in [0.05, 0.1) is 0 Å². The van der Waals surface area contributed by atoms with Gasteiger partial charge in [-0.1, -0.05) is 6.58 Å². The molecule has 0 atom stereocenters. The summed E-state index contributed by atoms with van der Waals surface area (Å²) >= 11 is 0. The Hall–Kier alpha value is -0.920. The Bertz CT molecular complexity index is 252. The number of nitrogens with two attached hydrogens (primary N) is 1. The predicted octanol–water partition coefficient (Wildman–Crippen LogP) is -1.20. The zero-order valence-electron chi connectivity index (χ0n) is 4.77. The van der Waals surface area contributed by atoms with Gasteiger partial charge in [-0.3, -0.25) is 4.55 Å². The first kappa shape index (κ1) is 9.08. The van der Waals surface area contributed by atoms with Gasteiger partial charge in [-0.2, -0.15) is 14.3 Å². The third-order valence-electron chi connectivity index (χ3n) is 0.646. The Kier molecular flexibility index (Phi) is 2.52. The standard InChI is InChI=1S/C3H5NO5S/c1-2(3(5)9-4)10(6,7)8/h1,4H2,(H,6,7,8). The molecule has 10 heavy (non-hydrogen) atoms. The van der Waals surface area contributed by atoms with Crippen LogP contribution in [0.3, 0.4) is 0 Å². The van der Waals surface area contributed by atoms with Crippen molar-refractivity contribution in [1.82, 2.24) is 0 Å². The van der Waals surface area contributed by atoms with E-state index in [1.165, 1.54) is 0 Å². The van der Waals surface area contributed by atoms with Gasteiger partial charge in [0.15, 0.2) is 4.91 Å². The molecule has 7 heteroatoms. The fraction of sp³-hybridized carbons (Fsp3) is 0. The van der Waals surface area contributed by atoms with Gasteiger partial charge >= 0.3 is 16.1 Å². The van der Waals surface area contributed by atoms with Crippen LogP contribution in [0.15, 0.2) is 11.5 Å². The van der Waals surface area contributed by atoms with Gasteiger partial charge in [0, 0.05) is 0 Å². The van der Waals surface area contributed by atoms with Crippen LogP contribution in [0.25, 0.3) is 0 Å². The van der Waals surface area contributed by atoms with E-state index in [4.69, 9.17) is 4.55 Å². The lowest BCUT2D eigenvalue weighted by Gasteiger charge is -1.95. The summed E-state index contributed by atoms with van der Waals surface area (Å²) in [4.78, 5) is 12.5. The molecule has 0 rings (SSSR count). The van der Waals surface area contributed by atoms with Crippen molar-refractivity contribution in [3.8, 4) is 0 Å². The number of hydrogen-bond donors (Lipinski definition) is 2. The Balaban J connectivity index is 4.57. The summed E-state index contributed by atoms with van der Waals surface area (Å²) in [5, 5.41) is 0. The first-order valence-electron chi connectivity index (χ1n) is 1.97. The van der Waals surface area contributed by atoms with E-state index in [0.29, 0.717) is 0 Å². The van der Waals surface area contributed by atoms with Crippen LogP contribution in [0.4, 0.5) is 0 Å². The molecule has 0 fully saturated rings. The van der Waals surface area contributed by atoms with Crippen LogP contribution in [-0.4, -0.2) is 18.9 Å². The van der Waals surface area contributed by atoms with E-state index < -0.39 is 21.0 Å². The van der Waals surface area contributed by atoms with Crippen LogP contribution in [0.5, 0.6) is 0 Å². The fourth-order valence-corrected chi connectivity index (χ4v) is 0.430. The third-order valence-corrected chi connectivity index (χ3v) is 1.44. The largest absolute Gasteiger partial charge is 0.370 e. The van der Waals surface area contributed by atoms with E-state index >= 15 is 0 Å². The highest BCUT2D eigenvalue weighted by Gasteiger charge is 2.20. The van der Waals surface area contributed by atoms with E-state index in [-0.39, 0.29) is 0 Å². The molecule has 58 valence electrons. The van der Waals surface area contributed by atoms with E-state index in [2.05, 4.69) is 17.3 Å². The van der Waals surface area contributed by atoms with Crippen LogP contribution >= 0.6 is 0 Å². The number of carbonyl (C=O) groups excluding carboxylic acids is 1. The average Bonchev–Trinajstić information content (AvgIpc) is 1.83. The van der Waals surface area contributed by atoms with Gasteiger partial charge in [-0.15, -0.1) is 0 Å². The number of rotatable bonds is 2. The molecule has 0 saturated heterocycles. The van der Waals surface area contributed by atoms with Crippen molar-refractivity contribution >= 4 is 16.1 Å². The highest BCUT2D eigenvalue weighted by atomic mass is 32.2. The van der Waals surface area contributed by atoms with Crippen LogP contribution in [0.2, 0.25) is 0 Å². The molecule has 0 aliphatic rings. The molecule has 0 saturated carbocycles. The molecule has 0 aromatic carbocycles. The second-order valence-corrected chi connectivity index (χ2v) is 2.75. The van der Waals surface area contributed by atoms with Gasteiger partial charge < -0.3 is 4.84 Å². The summed E-state index contributed by atoms with van der Waals surface area (Å²) in [5.74, 6) is 2.90. The van der Waals surface area contributed by atoms with Crippen molar-refractivity contribution in [3.63, 3.8) is 0 Å². The van der Waals surface area contributed by atoms with Gasteiger partial charge in [0.25, 0.3) is 0 Å². The molecule has 0 aliphatic heterocycles. The van der Waals surface area contributed by atoms with Gasteiger partial charge in [0.2, 0.25) is 0 Å². The Morgan fingerprint density at radius 2 is 2.00 bits per heavy atom. The van der Waals surface area contributed by atoms with Gasteiger partial charge in [0.1, 0.15) is 0 Å². The summed E-state index contributed by atoms with van der Waals surface area (Å²) in [7, 11) is -4.56. The van der Waals surface area contributed by atoms with Crippen LogP contribution in [-0.2, 0) is 19.8 Å². The number of hydrogen-bond acceptors (Lipinski definition) is 5. The quantitative estimate of drug-likeness (QED) is 0.304. The first-order valence-corrected chi connectivity index (χ1v) is 3.41. The lowest BCUT2D eigenvalue weighted by molar-refractivity contribution is -0.138. The molecule has 0 heterocycles. The second kappa shape index (κ2) is 2.78. The highest BCUT2D eigenvalue weighted by molar-refractivity contribution is 7.90. The number of carbonyl (C=O) groups is 1. The SMILES string of the molecule is C=C(C(=O)ON)S(=O)(=O)O. The molecule has 0 amide bonds. The van der Waals surface area contributed by atoms with Crippen LogP contribution in [0.1, 0.15) is 0 Å². The van der Waals surface area contributed by atoms with E-state index in [0.717, 1.165) is 0 Å². The maximum Gasteiger partial charge on any atom is 0.370 e. The van der Waals surface area contributed by atoms with Crippen LogP contribution < -0.4 is 5.90 Å². The Morgan fingerprint density at radius 1 is 1.60 bits per heavy atom. The predicted molar refractivity (Wildman–Crippen MR) is 31.0 cm³/mol. The summed E-state index contributed by atoms with van der Waals surface area (Å²) < 4.78 is 28.2. The van der Waals surface area contributed by atoms with Crippen molar-refractivity contribution in [2.24, 2.45) is 5.90 Å². The molecule has 3 N–H and O–H groups in total. The minimum atomic E-state index is -4.56. The minimum Gasteiger partial charge on any atom is -0.369 e. The Labute approximate surface area is 57.0 Å². The summed E-state index contributed by atoms with van der Waals surface area (Å²) in [6, 6.07) is 0.